The Morgan fingerprint density at radius 2 is 2.22 bits per heavy atom. The molecule has 1 unspecified atom stereocenters. The highest BCUT2D eigenvalue weighted by molar-refractivity contribution is 6.32. The molecule has 2 amide bonds. The molecule has 1 aliphatic rings. The van der Waals surface area contributed by atoms with E-state index in [2.05, 4.69) is 25.9 Å². The third-order valence-corrected chi connectivity index (χ3v) is 2.61. The van der Waals surface area contributed by atoms with Crippen LogP contribution in [0, 0.1) is 0 Å². The predicted octanol–water partition coefficient (Wildman–Crippen LogP) is -0.190. The molecule has 0 saturated carbocycles. The Labute approximate surface area is 112 Å². The van der Waals surface area contributed by atoms with E-state index in [-0.39, 0.29) is 41.2 Å². The number of nitrogens with zero attached hydrogens (tertiary/aromatic N) is 2. The van der Waals surface area contributed by atoms with Gasteiger partial charge in [0, 0.05) is 12.6 Å². The Kier molecular flexibility index (Phi) is 3.95. The van der Waals surface area contributed by atoms with Gasteiger partial charge in [0.25, 0.3) is 0 Å². The zero-order valence-electron chi connectivity index (χ0n) is 9.04. The first-order chi connectivity index (χ1) is 8.54. The molecule has 96 valence electrons. The van der Waals surface area contributed by atoms with Gasteiger partial charge in [0.15, 0.2) is 0 Å². The normalized spacial score (nSPS) is 19.2. The number of amides is 2. The molecule has 9 heteroatoms. The Hall–Kier alpha value is -1.44. The van der Waals surface area contributed by atoms with Gasteiger partial charge in [-0.3, -0.25) is 14.9 Å². The third kappa shape index (κ3) is 3.28. The van der Waals surface area contributed by atoms with E-state index < -0.39 is 6.04 Å². The Morgan fingerprint density at radius 1 is 1.44 bits per heavy atom. The van der Waals surface area contributed by atoms with Crippen molar-refractivity contribution in [2.24, 2.45) is 0 Å². The van der Waals surface area contributed by atoms with Gasteiger partial charge in [-0.1, -0.05) is 11.6 Å². The molecule has 0 aliphatic carbocycles. The van der Waals surface area contributed by atoms with Crippen LogP contribution in [0.25, 0.3) is 0 Å². The SMILES string of the molecule is O=C1CNC(C(=O)Nc2cc(Cl)nc(Cl)n2)CN1. The maximum Gasteiger partial charge on any atom is 0.244 e. The fourth-order valence-corrected chi connectivity index (χ4v) is 1.83. The summed E-state index contributed by atoms with van der Waals surface area (Å²) in [5.41, 5.74) is 0. The van der Waals surface area contributed by atoms with Crippen LogP contribution in [0.15, 0.2) is 6.07 Å². The lowest BCUT2D eigenvalue weighted by atomic mass is 10.2. The molecule has 0 spiro atoms. The maximum atomic E-state index is 11.8. The van der Waals surface area contributed by atoms with E-state index in [0.717, 1.165) is 0 Å². The zero-order chi connectivity index (χ0) is 13.1. The summed E-state index contributed by atoms with van der Waals surface area (Å²) in [6, 6.07) is 0.863. The van der Waals surface area contributed by atoms with Crippen LogP contribution in [0.5, 0.6) is 0 Å². The lowest BCUT2D eigenvalue weighted by Crippen LogP contribution is -2.56. The Morgan fingerprint density at radius 3 is 2.83 bits per heavy atom. The van der Waals surface area contributed by atoms with E-state index in [0.29, 0.717) is 0 Å². The summed E-state index contributed by atoms with van der Waals surface area (Å²) >= 11 is 11.3. The molecule has 1 aromatic heterocycles. The van der Waals surface area contributed by atoms with Gasteiger partial charge in [0.2, 0.25) is 17.1 Å². The smallest absolute Gasteiger partial charge is 0.244 e. The number of anilines is 1. The molecule has 0 bridgehead atoms. The van der Waals surface area contributed by atoms with Crippen molar-refractivity contribution in [2.45, 2.75) is 6.04 Å². The van der Waals surface area contributed by atoms with Gasteiger partial charge in [0.1, 0.15) is 17.0 Å². The van der Waals surface area contributed by atoms with Gasteiger partial charge in [0.05, 0.1) is 6.54 Å². The molecule has 0 radical (unpaired) electrons. The Bertz CT molecular complexity index is 466. The fraction of sp³-hybridized carbons (Fsp3) is 0.333. The largest absolute Gasteiger partial charge is 0.353 e. The summed E-state index contributed by atoms with van der Waals surface area (Å²) in [5.74, 6) is -0.267. The molecule has 2 rings (SSSR count). The van der Waals surface area contributed by atoms with Crippen LogP contribution in [0.1, 0.15) is 0 Å². The highest BCUT2D eigenvalue weighted by Gasteiger charge is 2.24. The quantitative estimate of drug-likeness (QED) is 0.518. The second-order valence-electron chi connectivity index (χ2n) is 3.57. The molecule has 18 heavy (non-hydrogen) atoms. The van der Waals surface area contributed by atoms with Crippen molar-refractivity contribution in [2.75, 3.05) is 18.4 Å². The average Bonchev–Trinajstić information content (AvgIpc) is 2.28. The van der Waals surface area contributed by atoms with Crippen LogP contribution in [0.4, 0.5) is 5.82 Å². The van der Waals surface area contributed by atoms with Crippen LogP contribution >= 0.6 is 23.2 Å². The molecular weight excluding hydrogens is 281 g/mol. The summed E-state index contributed by atoms with van der Waals surface area (Å²) < 4.78 is 0. The zero-order valence-corrected chi connectivity index (χ0v) is 10.5. The van der Waals surface area contributed by atoms with Crippen molar-refractivity contribution in [3.63, 3.8) is 0 Å². The van der Waals surface area contributed by atoms with Gasteiger partial charge < -0.3 is 10.6 Å². The van der Waals surface area contributed by atoms with Crippen molar-refractivity contribution < 1.29 is 9.59 Å². The number of carbonyl (C=O) groups excluding carboxylic acids is 2. The summed E-state index contributed by atoms with van der Waals surface area (Å²) in [6.45, 7) is 0.320. The van der Waals surface area contributed by atoms with Crippen molar-refractivity contribution >= 4 is 40.8 Å². The first-order valence-corrected chi connectivity index (χ1v) is 5.81. The molecular formula is C9H9Cl2N5O2. The van der Waals surface area contributed by atoms with Gasteiger partial charge in [-0.25, -0.2) is 9.97 Å². The molecule has 7 nitrogen and oxygen atoms in total. The monoisotopic (exact) mass is 289 g/mol. The standard InChI is InChI=1S/C9H9Cl2N5O2/c10-5-1-6(16-9(11)14-5)15-8(18)4-2-13-7(17)3-12-4/h1,4,12H,2-3H2,(H,13,17)(H,14,15,16,18). The topological polar surface area (TPSA) is 96.0 Å². The van der Waals surface area contributed by atoms with E-state index in [1.165, 1.54) is 6.07 Å². The van der Waals surface area contributed by atoms with Crippen LogP contribution < -0.4 is 16.0 Å². The van der Waals surface area contributed by atoms with Gasteiger partial charge in [-0.05, 0) is 11.6 Å². The van der Waals surface area contributed by atoms with Gasteiger partial charge >= 0.3 is 0 Å². The van der Waals surface area contributed by atoms with E-state index in [9.17, 15) is 9.59 Å². The van der Waals surface area contributed by atoms with E-state index in [1.807, 2.05) is 0 Å². The minimum absolute atomic E-state index is 0.0530. The summed E-state index contributed by atoms with van der Waals surface area (Å²) in [4.78, 5) is 30.2. The summed E-state index contributed by atoms with van der Waals surface area (Å²) in [5, 5.41) is 7.98. The Balaban J connectivity index is 2.00. The first-order valence-electron chi connectivity index (χ1n) is 5.05. The lowest BCUT2D eigenvalue weighted by molar-refractivity contribution is -0.124. The number of piperazine rings is 1. The second kappa shape index (κ2) is 5.47. The molecule has 1 aliphatic heterocycles. The molecule has 2 heterocycles. The number of hydrogen-bond acceptors (Lipinski definition) is 5. The van der Waals surface area contributed by atoms with Crippen LogP contribution in [-0.4, -0.2) is 40.9 Å². The first kappa shape index (κ1) is 13.0. The lowest BCUT2D eigenvalue weighted by Gasteiger charge is -2.22. The van der Waals surface area contributed by atoms with Crippen LogP contribution in [0.2, 0.25) is 10.4 Å². The van der Waals surface area contributed by atoms with Gasteiger partial charge in [-0.15, -0.1) is 0 Å². The van der Waals surface area contributed by atoms with E-state index in [4.69, 9.17) is 23.2 Å². The van der Waals surface area contributed by atoms with Crippen LogP contribution in [0.3, 0.4) is 0 Å². The number of rotatable bonds is 2. The van der Waals surface area contributed by atoms with E-state index in [1.54, 1.807) is 0 Å². The number of carbonyl (C=O) groups is 2. The highest BCUT2D eigenvalue weighted by atomic mass is 35.5. The average molecular weight is 290 g/mol. The van der Waals surface area contributed by atoms with Crippen molar-refractivity contribution in [1.82, 2.24) is 20.6 Å². The minimum Gasteiger partial charge on any atom is -0.353 e. The third-order valence-electron chi connectivity index (χ3n) is 2.25. The predicted molar refractivity (Wildman–Crippen MR) is 65.5 cm³/mol. The number of halogens is 2. The molecule has 1 saturated heterocycles. The van der Waals surface area contributed by atoms with Crippen molar-refractivity contribution in [3.05, 3.63) is 16.5 Å². The van der Waals surface area contributed by atoms with E-state index >= 15 is 0 Å². The van der Waals surface area contributed by atoms with Crippen LogP contribution in [-0.2, 0) is 9.59 Å². The number of hydrogen-bond donors (Lipinski definition) is 3. The molecule has 1 fully saturated rings. The maximum absolute atomic E-state index is 11.8. The highest BCUT2D eigenvalue weighted by Crippen LogP contribution is 2.14. The molecule has 1 atom stereocenters. The summed E-state index contributed by atoms with van der Waals surface area (Å²) in [6.07, 6.45) is 0. The second-order valence-corrected chi connectivity index (χ2v) is 4.30. The molecule has 3 N–H and O–H groups in total. The van der Waals surface area contributed by atoms with Gasteiger partial charge in [-0.2, -0.15) is 0 Å². The minimum atomic E-state index is -0.518. The fourth-order valence-electron chi connectivity index (χ4n) is 1.42. The molecule has 1 aromatic rings. The molecule has 0 aromatic carbocycles. The number of nitrogens with one attached hydrogen (secondary N) is 3. The van der Waals surface area contributed by atoms with Crippen molar-refractivity contribution in [3.8, 4) is 0 Å². The van der Waals surface area contributed by atoms with Crippen molar-refractivity contribution in [1.29, 1.82) is 0 Å². The number of aromatic nitrogens is 2. The summed E-state index contributed by atoms with van der Waals surface area (Å²) in [7, 11) is 0.